The van der Waals surface area contributed by atoms with Gasteiger partial charge in [0.2, 0.25) is 5.91 Å². The second-order valence-electron chi connectivity index (χ2n) is 12.8. The summed E-state index contributed by atoms with van der Waals surface area (Å²) in [4.78, 5) is 47.8. The molecule has 6 rings (SSSR count). The Balaban J connectivity index is 1.13. The van der Waals surface area contributed by atoms with Gasteiger partial charge in [-0.15, -0.1) is 0 Å². The van der Waals surface area contributed by atoms with Gasteiger partial charge in [0, 0.05) is 38.4 Å². The molecule has 0 radical (unpaired) electrons. The fourth-order valence-electron chi connectivity index (χ4n) is 7.23. The summed E-state index contributed by atoms with van der Waals surface area (Å²) in [5.41, 5.74) is 0.638. The lowest BCUT2D eigenvalue weighted by Crippen LogP contribution is -2.75. The van der Waals surface area contributed by atoms with Crippen LogP contribution in [0.3, 0.4) is 0 Å². The van der Waals surface area contributed by atoms with Gasteiger partial charge in [0.1, 0.15) is 23.1 Å². The molecule has 1 saturated carbocycles. The Morgan fingerprint density at radius 2 is 1.64 bits per heavy atom. The first-order valence-electron chi connectivity index (χ1n) is 16.5. The molecule has 4 N–H and O–H groups in total. The highest BCUT2D eigenvalue weighted by molar-refractivity contribution is 6.00. The molecule has 1 spiro atoms. The normalized spacial score (nSPS) is 21.6. The molecule has 1 unspecified atom stereocenters. The van der Waals surface area contributed by atoms with Gasteiger partial charge in [-0.2, -0.15) is 0 Å². The predicted octanol–water partition coefficient (Wildman–Crippen LogP) is 3.53. The SMILES string of the molecule is CNC(=O)c1ccc(Oc2ccc(CN3CCC4(CC3)C(=O)N[C@H]([C@H](O)C3CCCCC3)C(=O)N4C(O)c3ccccn3)cc2)cc1. The summed E-state index contributed by atoms with van der Waals surface area (Å²) in [6.45, 7) is 1.69. The van der Waals surface area contributed by atoms with Gasteiger partial charge in [-0.25, -0.2) is 0 Å². The smallest absolute Gasteiger partial charge is 0.251 e. The van der Waals surface area contributed by atoms with Gasteiger partial charge in [0.05, 0.1) is 11.8 Å². The first-order chi connectivity index (χ1) is 22.8. The van der Waals surface area contributed by atoms with E-state index in [1.54, 1.807) is 55.7 Å². The van der Waals surface area contributed by atoms with E-state index in [1.807, 2.05) is 24.3 Å². The Kier molecular flexibility index (Phi) is 9.86. The zero-order valence-corrected chi connectivity index (χ0v) is 26.7. The van der Waals surface area contributed by atoms with E-state index in [9.17, 15) is 24.6 Å². The van der Waals surface area contributed by atoms with Crippen LogP contribution < -0.4 is 15.4 Å². The van der Waals surface area contributed by atoms with Crippen molar-refractivity contribution in [1.29, 1.82) is 0 Å². The third-order valence-corrected chi connectivity index (χ3v) is 9.94. The van der Waals surface area contributed by atoms with Crippen molar-refractivity contribution in [3.05, 3.63) is 89.7 Å². The molecule has 3 atom stereocenters. The van der Waals surface area contributed by atoms with Crippen molar-refractivity contribution in [3.63, 3.8) is 0 Å². The second-order valence-corrected chi connectivity index (χ2v) is 12.8. The number of aliphatic hydroxyl groups excluding tert-OH is 2. The number of pyridine rings is 1. The summed E-state index contributed by atoms with van der Waals surface area (Å²) >= 11 is 0. The van der Waals surface area contributed by atoms with Gasteiger partial charge < -0.3 is 25.6 Å². The Morgan fingerprint density at radius 3 is 2.26 bits per heavy atom. The van der Waals surface area contributed by atoms with Crippen molar-refractivity contribution in [2.45, 2.75) is 75.4 Å². The van der Waals surface area contributed by atoms with Crippen molar-refractivity contribution in [1.82, 2.24) is 25.4 Å². The molecule has 1 aliphatic carbocycles. The number of nitrogens with one attached hydrogen (secondary N) is 2. The molecule has 2 saturated heterocycles. The largest absolute Gasteiger partial charge is 0.457 e. The number of carbonyl (C=O) groups excluding carboxylic acids is 3. The maximum atomic E-state index is 14.2. The van der Waals surface area contributed by atoms with Crippen molar-refractivity contribution >= 4 is 17.7 Å². The average molecular weight is 642 g/mol. The maximum absolute atomic E-state index is 14.2. The Hall–Kier alpha value is -4.32. The highest BCUT2D eigenvalue weighted by Gasteiger charge is 2.57. The Morgan fingerprint density at radius 1 is 0.979 bits per heavy atom. The number of carbonyl (C=O) groups is 3. The first-order valence-corrected chi connectivity index (χ1v) is 16.5. The van der Waals surface area contributed by atoms with Gasteiger partial charge in [-0.05, 0) is 85.7 Å². The third-order valence-electron chi connectivity index (χ3n) is 9.94. The van der Waals surface area contributed by atoms with E-state index in [0.29, 0.717) is 49.5 Å². The van der Waals surface area contributed by atoms with Crippen LogP contribution in [0, 0.1) is 5.92 Å². The first kappa shape index (κ1) is 32.6. The van der Waals surface area contributed by atoms with Gasteiger partial charge in [0.25, 0.3) is 11.8 Å². The number of likely N-dealkylation sites (tertiary alicyclic amines) is 1. The van der Waals surface area contributed by atoms with Crippen LogP contribution in [0.1, 0.15) is 72.8 Å². The summed E-state index contributed by atoms with van der Waals surface area (Å²) < 4.78 is 5.95. The van der Waals surface area contributed by atoms with Gasteiger partial charge in [0.15, 0.2) is 6.23 Å². The molecular weight excluding hydrogens is 598 g/mol. The van der Waals surface area contributed by atoms with Gasteiger partial charge in [-0.1, -0.05) is 37.5 Å². The number of aromatic nitrogens is 1. The molecule has 248 valence electrons. The molecule has 2 aromatic carbocycles. The number of nitrogens with zero attached hydrogens (tertiary/aromatic N) is 3. The minimum absolute atomic E-state index is 0.0749. The molecule has 11 heteroatoms. The molecule has 47 heavy (non-hydrogen) atoms. The summed E-state index contributed by atoms with van der Waals surface area (Å²) in [7, 11) is 1.59. The zero-order chi connectivity index (χ0) is 33.0. The van der Waals surface area contributed by atoms with Crippen molar-refractivity contribution < 1.29 is 29.3 Å². The number of benzene rings is 2. The molecular formula is C36H43N5O6. The van der Waals surface area contributed by atoms with Crippen LogP contribution in [0.25, 0.3) is 0 Å². The number of hydrogen-bond acceptors (Lipinski definition) is 8. The monoisotopic (exact) mass is 641 g/mol. The molecule has 3 aliphatic rings. The summed E-state index contributed by atoms with van der Waals surface area (Å²) in [5.74, 6) is 0.257. The summed E-state index contributed by atoms with van der Waals surface area (Å²) in [6, 6.07) is 18.7. The fourth-order valence-corrected chi connectivity index (χ4v) is 7.23. The molecule has 3 aromatic rings. The topological polar surface area (TPSA) is 144 Å². The van der Waals surface area contributed by atoms with E-state index in [1.165, 1.54) is 4.90 Å². The highest BCUT2D eigenvalue weighted by Crippen LogP contribution is 2.40. The van der Waals surface area contributed by atoms with Crippen molar-refractivity contribution in [2.24, 2.45) is 5.92 Å². The minimum atomic E-state index is -1.42. The summed E-state index contributed by atoms with van der Waals surface area (Å²) in [6.07, 6.45) is 4.46. The maximum Gasteiger partial charge on any atom is 0.251 e. The van der Waals surface area contributed by atoms with Crippen LogP contribution in [-0.4, -0.2) is 80.5 Å². The van der Waals surface area contributed by atoms with Gasteiger partial charge in [-0.3, -0.25) is 29.2 Å². The van der Waals surface area contributed by atoms with Crippen LogP contribution in [0.2, 0.25) is 0 Å². The van der Waals surface area contributed by atoms with Crippen LogP contribution in [0.4, 0.5) is 0 Å². The van der Waals surface area contributed by atoms with Crippen molar-refractivity contribution in [2.75, 3.05) is 20.1 Å². The van der Waals surface area contributed by atoms with Gasteiger partial charge >= 0.3 is 0 Å². The van der Waals surface area contributed by atoms with Crippen LogP contribution in [-0.2, 0) is 16.1 Å². The number of amides is 3. The molecule has 3 fully saturated rings. The molecule has 3 amide bonds. The standard InChI is InChI=1S/C36H43N5O6/c1-37-32(43)26-12-16-28(17-13-26)47-27-14-10-24(11-15-27)23-40-21-18-36(19-22-40)35(46)39-30(31(42)25-7-3-2-4-8-25)34(45)41(36)33(44)29-9-5-6-20-38-29/h5-6,9-17,20,25,30-31,33,42,44H,2-4,7-8,18-19,21-23H2,1H3,(H,37,43)(H,39,46)/t30-,31-,33?/m1/s1. The lowest BCUT2D eigenvalue weighted by molar-refractivity contribution is -0.183. The number of piperidine rings is 1. The summed E-state index contributed by atoms with van der Waals surface area (Å²) in [5, 5.41) is 28.4. The average Bonchev–Trinajstić information content (AvgIpc) is 3.12. The number of piperazine rings is 1. The van der Waals surface area contributed by atoms with Crippen LogP contribution >= 0.6 is 0 Å². The van der Waals surface area contributed by atoms with E-state index < -0.39 is 29.8 Å². The van der Waals surface area contributed by atoms with E-state index in [0.717, 1.165) is 37.7 Å². The number of rotatable bonds is 9. The number of aliphatic hydroxyl groups is 2. The highest BCUT2D eigenvalue weighted by atomic mass is 16.5. The minimum Gasteiger partial charge on any atom is -0.457 e. The second kappa shape index (κ2) is 14.2. The quantitative estimate of drug-likeness (QED) is 0.278. The predicted molar refractivity (Wildman–Crippen MR) is 174 cm³/mol. The number of hydrogen-bond donors (Lipinski definition) is 4. The molecule has 3 heterocycles. The van der Waals surface area contributed by atoms with Crippen molar-refractivity contribution in [3.8, 4) is 11.5 Å². The Labute approximate surface area is 274 Å². The lowest BCUT2D eigenvalue weighted by atomic mass is 9.77. The molecule has 1 aromatic heterocycles. The molecule has 2 aliphatic heterocycles. The fraction of sp³-hybridized carbons (Fsp3) is 0.444. The van der Waals surface area contributed by atoms with Crippen LogP contribution in [0.15, 0.2) is 72.9 Å². The lowest BCUT2D eigenvalue weighted by Gasteiger charge is -2.53. The third kappa shape index (κ3) is 6.88. The molecule has 11 nitrogen and oxygen atoms in total. The molecule has 0 bridgehead atoms. The van der Waals surface area contributed by atoms with E-state index in [4.69, 9.17) is 4.74 Å². The van der Waals surface area contributed by atoms with E-state index in [-0.39, 0.29) is 23.4 Å². The van der Waals surface area contributed by atoms with E-state index >= 15 is 0 Å². The zero-order valence-electron chi connectivity index (χ0n) is 26.7. The van der Waals surface area contributed by atoms with Crippen LogP contribution in [0.5, 0.6) is 11.5 Å². The van der Waals surface area contributed by atoms with E-state index in [2.05, 4.69) is 20.5 Å². The number of ether oxygens (including phenoxy) is 1. The Bertz CT molecular complexity index is 1540.